The van der Waals surface area contributed by atoms with Gasteiger partial charge >= 0.3 is 0 Å². The van der Waals surface area contributed by atoms with Crippen molar-refractivity contribution in [1.29, 1.82) is 0 Å². The van der Waals surface area contributed by atoms with E-state index in [1.54, 1.807) is 24.6 Å². The van der Waals surface area contributed by atoms with Crippen LogP contribution in [0.4, 0.5) is 5.95 Å². The first kappa shape index (κ1) is 23.8. The van der Waals surface area contributed by atoms with Gasteiger partial charge in [0, 0.05) is 56.9 Å². The van der Waals surface area contributed by atoms with Gasteiger partial charge in [-0.2, -0.15) is 0 Å². The first-order valence-corrected chi connectivity index (χ1v) is 11.5. The molecule has 1 saturated heterocycles. The van der Waals surface area contributed by atoms with Crippen LogP contribution in [0.2, 0.25) is 0 Å². The molecule has 0 unspecified atom stereocenters. The van der Waals surface area contributed by atoms with Crippen LogP contribution in [0.1, 0.15) is 19.8 Å². The van der Waals surface area contributed by atoms with E-state index >= 15 is 0 Å². The largest absolute Gasteiger partial charge is 0.395 e. The molecule has 32 heavy (non-hydrogen) atoms. The molecule has 8 nitrogen and oxygen atoms in total. The van der Waals surface area contributed by atoms with E-state index in [0.717, 1.165) is 48.0 Å². The molecule has 1 amide bonds. The highest BCUT2D eigenvalue weighted by molar-refractivity contribution is 7.13. The first-order valence-electron chi connectivity index (χ1n) is 10.6. The molecule has 0 radical (unpaired) electrons. The number of anilines is 1. The molecule has 0 spiro atoms. The molecule has 4 rings (SSSR count). The molecule has 0 aliphatic carbocycles. The van der Waals surface area contributed by atoms with Gasteiger partial charge in [0.1, 0.15) is 10.7 Å². The van der Waals surface area contributed by atoms with Crippen LogP contribution < -0.4 is 5.32 Å². The number of aliphatic hydroxyl groups excluding tert-OH is 1. The number of benzene rings is 1. The van der Waals surface area contributed by atoms with E-state index in [1.165, 1.54) is 11.8 Å². The maximum Gasteiger partial charge on any atom is 0.223 e. The Labute approximate surface area is 192 Å². The molecule has 1 fully saturated rings. The highest BCUT2D eigenvalue weighted by atomic mass is 32.1. The Morgan fingerprint density at radius 1 is 1.19 bits per heavy atom. The number of aliphatic hydroxyl groups is 1. The number of hydrogen-bond donors (Lipinski definition) is 2. The van der Waals surface area contributed by atoms with Crippen molar-refractivity contribution in [3.05, 3.63) is 48.0 Å². The molecule has 1 aliphatic rings. The van der Waals surface area contributed by atoms with Gasteiger partial charge in [-0.1, -0.05) is 30.3 Å². The molecule has 1 aliphatic heterocycles. The number of nitrogens with one attached hydrogen (secondary N) is 1. The highest BCUT2D eigenvalue weighted by Gasteiger charge is 2.15. The summed E-state index contributed by atoms with van der Waals surface area (Å²) in [5.74, 6) is 0.646. The quantitative estimate of drug-likeness (QED) is 0.588. The minimum atomic E-state index is -0.0148. The van der Waals surface area contributed by atoms with Crippen molar-refractivity contribution in [2.75, 3.05) is 38.7 Å². The second kappa shape index (κ2) is 12.2. The number of thiazole rings is 1. The molecule has 0 bridgehead atoms. The summed E-state index contributed by atoms with van der Waals surface area (Å²) in [5.41, 5.74) is 2.86. The van der Waals surface area contributed by atoms with Crippen LogP contribution in [0.3, 0.4) is 0 Å². The number of carbonyl (C=O) groups is 1. The number of rotatable bonds is 6. The lowest BCUT2D eigenvalue weighted by Gasteiger charge is -2.23. The predicted octanol–water partition coefficient (Wildman–Crippen LogP) is 3.32. The molecule has 9 heteroatoms. The third-order valence-electron chi connectivity index (χ3n) is 4.97. The molecule has 3 aromatic rings. The van der Waals surface area contributed by atoms with Gasteiger partial charge < -0.3 is 20.1 Å². The summed E-state index contributed by atoms with van der Waals surface area (Å²) in [6.07, 6.45) is 3.76. The van der Waals surface area contributed by atoms with E-state index in [2.05, 4.69) is 27.4 Å². The van der Waals surface area contributed by atoms with Crippen LogP contribution in [-0.4, -0.2) is 70.3 Å². The van der Waals surface area contributed by atoms with E-state index < -0.39 is 0 Å². The summed E-state index contributed by atoms with van der Waals surface area (Å²) in [5, 5.41) is 14.7. The summed E-state index contributed by atoms with van der Waals surface area (Å²) in [4.78, 5) is 25.5. The van der Waals surface area contributed by atoms with Gasteiger partial charge in [-0.3, -0.25) is 4.79 Å². The molecule has 170 valence electrons. The van der Waals surface area contributed by atoms with Gasteiger partial charge in [0.25, 0.3) is 0 Å². The molecular formula is C23H29N5O3S. The van der Waals surface area contributed by atoms with Gasteiger partial charge in [0.15, 0.2) is 0 Å². The van der Waals surface area contributed by atoms with Crippen LogP contribution in [0.5, 0.6) is 0 Å². The predicted molar refractivity (Wildman–Crippen MR) is 126 cm³/mol. The number of aromatic nitrogens is 3. The van der Waals surface area contributed by atoms with Crippen LogP contribution in [0.25, 0.3) is 22.0 Å². The number of likely N-dealkylation sites (N-methyl/N-ethyl adjacent to an activating group) is 1. The van der Waals surface area contributed by atoms with Gasteiger partial charge in [-0.05, 0) is 18.9 Å². The van der Waals surface area contributed by atoms with Crippen molar-refractivity contribution in [3.8, 4) is 22.0 Å². The summed E-state index contributed by atoms with van der Waals surface area (Å²) < 4.78 is 5.39. The molecule has 2 N–H and O–H groups in total. The van der Waals surface area contributed by atoms with Crippen LogP contribution in [0.15, 0.2) is 48.0 Å². The monoisotopic (exact) mass is 455 g/mol. The Kier molecular flexibility index (Phi) is 9.09. The molecule has 3 heterocycles. The Balaban J connectivity index is 0.000000312. The van der Waals surface area contributed by atoms with E-state index in [1.807, 2.05) is 29.6 Å². The maximum absolute atomic E-state index is 10.3. The van der Waals surface area contributed by atoms with E-state index in [-0.39, 0.29) is 12.5 Å². The Morgan fingerprint density at radius 3 is 2.59 bits per heavy atom. The normalized spacial score (nSPS) is 13.7. The smallest absolute Gasteiger partial charge is 0.223 e. The van der Waals surface area contributed by atoms with Crippen LogP contribution in [-0.2, 0) is 9.53 Å². The lowest BCUT2D eigenvalue weighted by Crippen LogP contribution is -2.28. The second-order valence-corrected chi connectivity index (χ2v) is 8.22. The molecule has 0 atom stereocenters. The maximum atomic E-state index is 10.3. The molecule has 2 aromatic heterocycles. The van der Waals surface area contributed by atoms with Crippen molar-refractivity contribution in [2.45, 2.75) is 25.8 Å². The number of nitrogens with zero attached hydrogens (tertiary/aromatic N) is 4. The number of carbonyl (C=O) groups excluding carboxylic acids is 1. The van der Waals surface area contributed by atoms with Crippen molar-refractivity contribution >= 4 is 23.2 Å². The number of amides is 1. The van der Waals surface area contributed by atoms with Crippen molar-refractivity contribution in [3.63, 3.8) is 0 Å². The standard InChI is InChI=1S/C18H18N4OS.C5H11NO2/c1-2-4-13(5-3-1)17-21-16(12-24-17)15-6-9-19-18(22-15)20-14-7-10-23-11-8-14;1-5(8)6(2)3-4-7/h1-6,9,12,14H,7-8,10-11H2,(H,19,20,22);7H,3-4H2,1-2H3. The topological polar surface area (TPSA) is 100 Å². The van der Waals surface area contributed by atoms with Gasteiger partial charge in [0.05, 0.1) is 12.3 Å². The first-order chi connectivity index (χ1) is 15.6. The lowest BCUT2D eigenvalue weighted by atomic mass is 10.1. The van der Waals surface area contributed by atoms with E-state index in [4.69, 9.17) is 14.8 Å². The zero-order valence-electron chi connectivity index (χ0n) is 18.4. The zero-order valence-corrected chi connectivity index (χ0v) is 19.2. The van der Waals surface area contributed by atoms with Gasteiger partial charge in [-0.25, -0.2) is 15.0 Å². The average molecular weight is 456 g/mol. The summed E-state index contributed by atoms with van der Waals surface area (Å²) in [6.45, 7) is 3.52. The fourth-order valence-corrected chi connectivity index (χ4v) is 3.83. The number of hydrogen-bond acceptors (Lipinski definition) is 8. The molecular weight excluding hydrogens is 426 g/mol. The summed E-state index contributed by atoms with van der Waals surface area (Å²) >= 11 is 1.63. The van der Waals surface area contributed by atoms with Crippen molar-refractivity contribution in [1.82, 2.24) is 19.9 Å². The lowest BCUT2D eigenvalue weighted by molar-refractivity contribution is -0.127. The fourth-order valence-electron chi connectivity index (χ4n) is 3.01. The Morgan fingerprint density at radius 2 is 1.94 bits per heavy atom. The Bertz CT molecular complexity index is 977. The zero-order chi connectivity index (χ0) is 22.8. The fraction of sp³-hybridized carbons (Fsp3) is 0.391. The number of ether oxygens (including phenoxy) is 1. The summed E-state index contributed by atoms with van der Waals surface area (Å²) in [6, 6.07) is 12.5. The van der Waals surface area contributed by atoms with Crippen LogP contribution >= 0.6 is 11.3 Å². The minimum Gasteiger partial charge on any atom is -0.395 e. The van der Waals surface area contributed by atoms with Gasteiger partial charge in [-0.15, -0.1) is 11.3 Å². The highest BCUT2D eigenvalue weighted by Crippen LogP contribution is 2.28. The van der Waals surface area contributed by atoms with Crippen LogP contribution in [0, 0.1) is 0 Å². The van der Waals surface area contributed by atoms with E-state index in [0.29, 0.717) is 18.5 Å². The van der Waals surface area contributed by atoms with Gasteiger partial charge in [0.2, 0.25) is 11.9 Å². The SMILES string of the molecule is CC(=O)N(C)CCO.c1ccc(-c2nc(-c3ccnc(NC4CCOCC4)n3)cs2)cc1. The summed E-state index contributed by atoms with van der Waals surface area (Å²) in [7, 11) is 1.65. The molecule has 1 aromatic carbocycles. The Hall–Kier alpha value is -2.88. The minimum absolute atomic E-state index is 0.0148. The van der Waals surface area contributed by atoms with E-state index in [9.17, 15) is 4.79 Å². The third-order valence-corrected chi connectivity index (χ3v) is 5.86. The van der Waals surface area contributed by atoms with Crippen molar-refractivity contribution < 1.29 is 14.6 Å². The average Bonchev–Trinajstić information content (AvgIpc) is 3.32. The third kappa shape index (κ3) is 7.08. The van der Waals surface area contributed by atoms with Crippen molar-refractivity contribution in [2.24, 2.45) is 0 Å². The second-order valence-electron chi connectivity index (χ2n) is 7.36. The molecule has 0 saturated carbocycles.